The topological polar surface area (TPSA) is 26.3 Å². The van der Waals surface area contributed by atoms with E-state index in [9.17, 15) is 4.79 Å². The first-order valence-electron chi connectivity index (χ1n) is 6.67. The molecule has 0 aliphatic rings. The fourth-order valence-corrected chi connectivity index (χ4v) is 1.34. The van der Waals surface area contributed by atoms with Gasteiger partial charge in [-0.2, -0.15) is 0 Å². The van der Waals surface area contributed by atoms with Gasteiger partial charge in [0.25, 0.3) is 6.47 Å². The van der Waals surface area contributed by atoms with Gasteiger partial charge in [-0.1, -0.05) is 60.2 Å². The largest absolute Gasteiger partial charge is 0.463 e. The number of benzene rings is 1. The SMILES string of the molecule is C/C=C/c1ccc(C)cc1.C/C=C\C=C(\C)COC=O. The average molecular weight is 272 g/mol. The van der Waals surface area contributed by atoms with Gasteiger partial charge >= 0.3 is 0 Å². The maximum Gasteiger partial charge on any atom is 0.293 e. The molecule has 2 heteroatoms. The van der Waals surface area contributed by atoms with E-state index in [0.717, 1.165) is 5.57 Å². The molecule has 108 valence electrons. The Morgan fingerprint density at radius 3 is 2.30 bits per heavy atom. The standard InChI is InChI=1S/C10H12.C8H12O2/c1-3-4-10-7-5-9(2)6-8-10;1-3-4-5-8(2)6-10-7-9/h3-8H,1-2H3;3-5,7H,6H2,1-2H3/b4-3+;4-3-,8-5-. The molecule has 1 aromatic carbocycles. The highest BCUT2D eigenvalue weighted by Crippen LogP contribution is 2.04. The molecule has 0 aromatic heterocycles. The van der Waals surface area contributed by atoms with E-state index in [1.807, 2.05) is 45.1 Å². The molecule has 20 heavy (non-hydrogen) atoms. The lowest BCUT2D eigenvalue weighted by Gasteiger charge is -1.95. The van der Waals surface area contributed by atoms with Crippen molar-refractivity contribution in [2.75, 3.05) is 6.61 Å². The van der Waals surface area contributed by atoms with Crippen molar-refractivity contribution in [3.05, 3.63) is 65.3 Å². The molecule has 0 spiro atoms. The maximum absolute atomic E-state index is 9.72. The van der Waals surface area contributed by atoms with Gasteiger partial charge in [-0.15, -0.1) is 0 Å². The van der Waals surface area contributed by atoms with Crippen LogP contribution in [0.4, 0.5) is 0 Å². The molecule has 0 N–H and O–H groups in total. The van der Waals surface area contributed by atoms with Gasteiger partial charge in [-0.3, -0.25) is 4.79 Å². The molecule has 0 atom stereocenters. The zero-order valence-corrected chi connectivity index (χ0v) is 12.8. The summed E-state index contributed by atoms with van der Waals surface area (Å²) in [5, 5.41) is 0. The fraction of sp³-hybridized carbons (Fsp3) is 0.278. The second-order valence-electron chi connectivity index (χ2n) is 4.36. The van der Waals surface area contributed by atoms with Gasteiger partial charge in [-0.25, -0.2) is 0 Å². The summed E-state index contributed by atoms with van der Waals surface area (Å²) in [6.07, 6.45) is 9.88. The van der Waals surface area contributed by atoms with Crippen LogP contribution in [0.3, 0.4) is 0 Å². The summed E-state index contributed by atoms with van der Waals surface area (Å²) >= 11 is 0. The molecule has 0 radical (unpaired) electrons. The van der Waals surface area contributed by atoms with Crippen LogP contribution in [-0.4, -0.2) is 13.1 Å². The normalized spacial score (nSPS) is 11.3. The lowest BCUT2D eigenvalue weighted by atomic mass is 10.1. The van der Waals surface area contributed by atoms with E-state index in [4.69, 9.17) is 0 Å². The second kappa shape index (κ2) is 12.0. The van der Waals surface area contributed by atoms with Gasteiger partial charge < -0.3 is 4.74 Å². The summed E-state index contributed by atoms with van der Waals surface area (Å²) in [5.74, 6) is 0. The molecule has 1 aromatic rings. The van der Waals surface area contributed by atoms with Crippen LogP contribution in [-0.2, 0) is 9.53 Å². The molecule has 0 aliphatic carbocycles. The fourth-order valence-electron chi connectivity index (χ4n) is 1.34. The third-order valence-corrected chi connectivity index (χ3v) is 2.39. The van der Waals surface area contributed by atoms with E-state index in [0.29, 0.717) is 13.1 Å². The Labute approximate surface area is 122 Å². The van der Waals surface area contributed by atoms with Crippen molar-refractivity contribution in [1.82, 2.24) is 0 Å². The van der Waals surface area contributed by atoms with Crippen LogP contribution in [0.15, 0.2) is 54.1 Å². The molecule has 0 fully saturated rings. The number of rotatable bonds is 5. The highest BCUT2D eigenvalue weighted by molar-refractivity contribution is 5.48. The van der Waals surface area contributed by atoms with Gasteiger partial charge in [0.2, 0.25) is 0 Å². The van der Waals surface area contributed by atoms with E-state index in [1.165, 1.54) is 11.1 Å². The lowest BCUT2D eigenvalue weighted by Crippen LogP contribution is -1.91. The number of allylic oxidation sites excluding steroid dienone is 4. The molecular formula is C18H24O2. The van der Waals surface area contributed by atoms with Crippen LogP contribution in [0.25, 0.3) is 6.08 Å². The summed E-state index contributed by atoms with van der Waals surface area (Å²) in [5.41, 5.74) is 3.62. The van der Waals surface area contributed by atoms with Crippen molar-refractivity contribution in [2.24, 2.45) is 0 Å². The Morgan fingerprint density at radius 2 is 1.80 bits per heavy atom. The van der Waals surface area contributed by atoms with Gasteiger partial charge in [0, 0.05) is 0 Å². The number of carbonyl (C=O) groups excluding carboxylic acids is 1. The lowest BCUT2D eigenvalue weighted by molar-refractivity contribution is -0.127. The quantitative estimate of drug-likeness (QED) is 0.573. The molecule has 0 heterocycles. The Balaban J connectivity index is 0.000000361. The summed E-state index contributed by atoms with van der Waals surface area (Å²) in [6, 6.07) is 8.48. The van der Waals surface area contributed by atoms with Crippen molar-refractivity contribution >= 4 is 12.5 Å². The van der Waals surface area contributed by atoms with Crippen molar-refractivity contribution in [3.63, 3.8) is 0 Å². The van der Waals surface area contributed by atoms with Crippen LogP contribution in [0, 0.1) is 6.92 Å². The average Bonchev–Trinajstić information content (AvgIpc) is 2.46. The molecule has 0 saturated carbocycles. The van der Waals surface area contributed by atoms with Crippen LogP contribution in [0.5, 0.6) is 0 Å². The Hall–Kier alpha value is -2.09. The molecule has 0 unspecified atom stereocenters. The number of carbonyl (C=O) groups is 1. The van der Waals surface area contributed by atoms with Gasteiger partial charge in [0.1, 0.15) is 6.61 Å². The first-order valence-corrected chi connectivity index (χ1v) is 6.67. The zero-order chi connectivity index (χ0) is 15.2. The number of aryl methyl sites for hydroxylation is 1. The summed E-state index contributed by atoms with van der Waals surface area (Å²) in [4.78, 5) is 9.72. The number of hydrogen-bond acceptors (Lipinski definition) is 2. The smallest absolute Gasteiger partial charge is 0.293 e. The molecule has 1 rings (SSSR count). The number of hydrogen-bond donors (Lipinski definition) is 0. The highest BCUT2D eigenvalue weighted by Gasteiger charge is 1.84. The molecule has 0 saturated heterocycles. The monoisotopic (exact) mass is 272 g/mol. The summed E-state index contributed by atoms with van der Waals surface area (Å²) in [7, 11) is 0. The summed E-state index contributed by atoms with van der Waals surface area (Å²) < 4.78 is 4.51. The maximum atomic E-state index is 9.72. The van der Waals surface area contributed by atoms with Crippen molar-refractivity contribution < 1.29 is 9.53 Å². The van der Waals surface area contributed by atoms with E-state index >= 15 is 0 Å². The van der Waals surface area contributed by atoms with E-state index in [-0.39, 0.29) is 0 Å². The van der Waals surface area contributed by atoms with Crippen molar-refractivity contribution in [3.8, 4) is 0 Å². The Morgan fingerprint density at radius 1 is 1.15 bits per heavy atom. The van der Waals surface area contributed by atoms with E-state index < -0.39 is 0 Å². The molecule has 0 aliphatic heterocycles. The first kappa shape index (κ1) is 17.9. The van der Waals surface area contributed by atoms with Crippen LogP contribution in [0.1, 0.15) is 31.9 Å². The molecule has 0 bridgehead atoms. The van der Waals surface area contributed by atoms with Crippen molar-refractivity contribution in [1.29, 1.82) is 0 Å². The molecule has 0 amide bonds. The Bertz CT molecular complexity index is 451. The summed E-state index contributed by atoms with van der Waals surface area (Å²) in [6.45, 7) is 8.80. The van der Waals surface area contributed by atoms with Crippen molar-refractivity contribution in [2.45, 2.75) is 27.7 Å². The second-order valence-corrected chi connectivity index (χ2v) is 4.36. The first-order chi connectivity index (χ1) is 9.63. The molecular weight excluding hydrogens is 248 g/mol. The van der Waals surface area contributed by atoms with Gasteiger partial charge in [0.05, 0.1) is 0 Å². The van der Waals surface area contributed by atoms with Gasteiger partial charge in [-0.05, 0) is 38.8 Å². The van der Waals surface area contributed by atoms with Crippen LogP contribution < -0.4 is 0 Å². The minimum absolute atomic E-state index is 0.383. The minimum Gasteiger partial charge on any atom is -0.463 e. The van der Waals surface area contributed by atoms with Crippen LogP contribution in [0.2, 0.25) is 0 Å². The predicted molar refractivity (Wildman–Crippen MR) is 86.5 cm³/mol. The van der Waals surface area contributed by atoms with E-state index in [1.54, 1.807) is 0 Å². The Kier molecular flexibility index (Phi) is 10.7. The zero-order valence-electron chi connectivity index (χ0n) is 12.8. The third-order valence-electron chi connectivity index (χ3n) is 2.39. The van der Waals surface area contributed by atoms with Gasteiger partial charge in [0.15, 0.2) is 0 Å². The highest BCUT2D eigenvalue weighted by atomic mass is 16.5. The van der Waals surface area contributed by atoms with Crippen LogP contribution >= 0.6 is 0 Å². The molecule has 2 nitrogen and oxygen atoms in total. The predicted octanol–water partition coefficient (Wildman–Crippen LogP) is 4.71. The minimum atomic E-state index is 0.383. The third kappa shape index (κ3) is 9.89. The van der Waals surface area contributed by atoms with E-state index in [2.05, 4.69) is 42.0 Å². The number of ether oxygens (including phenoxy) is 1.